The maximum Gasteiger partial charge on any atom is 0.237 e. The van der Waals surface area contributed by atoms with Crippen molar-refractivity contribution in [3.05, 3.63) is 29.8 Å². The third-order valence-corrected chi connectivity index (χ3v) is 4.93. The van der Waals surface area contributed by atoms with Crippen molar-refractivity contribution in [2.75, 3.05) is 33.3 Å². The van der Waals surface area contributed by atoms with Crippen LogP contribution in [0.3, 0.4) is 0 Å². The molecular weight excluding hydrogens is 326 g/mol. The van der Waals surface area contributed by atoms with E-state index in [9.17, 15) is 4.79 Å². The van der Waals surface area contributed by atoms with Crippen LogP contribution in [0, 0.1) is 0 Å². The molecule has 0 bridgehead atoms. The van der Waals surface area contributed by atoms with Crippen LogP contribution in [-0.2, 0) is 4.79 Å². The first-order valence-electron chi connectivity index (χ1n) is 8.67. The highest BCUT2D eigenvalue weighted by atomic mass is 35.5. The van der Waals surface area contributed by atoms with E-state index in [0.29, 0.717) is 6.54 Å². The predicted octanol–water partition coefficient (Wildman–Crippen LogP) is 2.12. The van der Waals surface area contributed by atoms with E-state index in [-0.39, 0.29) is 30.4 Å². The lowest BCUT2D eigenvalue weighted by Crippen LogP contribution is -2.44. The molecule has 0 spiro atoms. The van der Waals surface area contributed by atoms with Gasteiger partial charge in [-0.15, -0.1) is 12.4 Å². The van der Waals surface area contributed by atoms with Crippen LogP contribution in [0.4, 0.5) is 0 Å². The van der Waals surface area contributed by atoms with Gasteiger partial charge in [0.2, 0.25) is 5.91 Å². The van der Waals surface area contributed by atoms with Crippen molar-refractivity contribution < 1.29 is 9.53 Å². The molecule has 2 N–H and O–H groups in total. The number of nitrogens with one attached hydrogen (secondary N) is 2. The zero-order chi connectivity index (χ0) is 16.1. The Morgan fingerprint density at radius 3 is 2.75 bits per heavy atom. The second kappa shape index (κ2) is 9.25. The molecule has 0 saturated carbocycles. The van der Waals surface area contributed by atoms with Crippen LogP contribution >= 0.6 is 12.4 Å². The summed E-state index contributed by atoms with van der Waals surface area (Å²) in [4.78, 5) is 14.8. The Bertz CT molecular complexity index is 529. The first-order chi connectivity index (χ1) is 11.3. The number of carbonyl (C=O) groups excluding carboxylic acids is 1. The fraction of sp³-hybridized carbons (Fsp3) is 0.611. The highest BCUT2D eigenvalue weighted by molar-refractivity contribution is 5.85. The summed E-state index contributed by atoms with van der Waals surface area (Å²) in [6.45, 7) is 3.75. The Balaban J connectivity index is 0.00000208. The Morgan fingerprint density at radius 1 is 1.33 bits per heavy atom. The number of methoxy groups -OCH3 is 1. The van der Waals surface area contributed by atoms with E-state index in [2.05, 4.69) is 21.6 Å². The van der Waals surface area contributed by atoms with Gasteiger partial charge < -0.3 is 15.4 Å². The second-order valence-corrected chi connectivity index (χ2v) is 6.39. The van der Waals surface area contributed by atoms with Gasteiger partial charge in [-0.25, -0.2) is 0 Å². The van der Waals surface area contributed by atoms with Gasteiger partial charge in [-0.2, -0.15) is 0 Å². The van der Waals surface area contributed by atoms with Gasteiger partial charge >= 0.3 is 0 Å². The number of rotatable bonds is 6. The number of amides is 1. The summed E-state index contributed by atoms with van der Waals surface area (Å²) < 4.78 is 5.54. The molecule has 0 radical (unpaired) electrons. The number of hydrogen-bond acceptors (Lipinski definition) is 4. The van der Waals surface area contributed by atoms with Crippen LogP contribution in [0.2, 0.25) is 0 Å². The van der Waals surface area contributed by atoms with E-state index in [1.54, 1.807) is 7.11 Å². The smallest absolute Gasteiger partial charge is 0.237 e. The van der Waals surface area contributed by atoms with Crippen LogP contribution in [-0.4, -0.2) is 50.1 Å². The van der Waals surface area contributed by atoms with E-state index in [0.717, 1.165) is 43.8 Å². The summed E-state index contributed by atoms with van der Waals surface area (Å²) >= 11 is 0. The minimum Gasteiger partial charge on any atom is -0.496 e. The van der Waals surface area contributed by atoms with Crippen molar-refractivity contribution in [3.63, 3.8) is 0 Å². The van der Waals surface area contributed by atoms with Gasteiger partial charge in [0.05, 0.1) is 19.2 Å². The van der Waals surface area contributed by atoms with Crippen LogP contribution < -0.4 is 15.4 Å². The maximum absolute atomic E-state index is 12.3. The normalized spacial score (nSPS) is 22.0. The minimum atomic E-state index is -0.0214. The van der Waals surface area contributed by atoms with Crippen LogP contribution in [0.5, 0.6) is 5.75 Å². The number of nitrogens with zero attached hydrogens (tertiary/aromatic N) is 1. The summed E-state index contributed by atoms with van der Waals surface area (Å²) in [5.41, 5.74) is 1.16. The third-order valence-electron chi connectivity index (χ3n) is 4.93. The van der Waals surface area contributed by atoms with Gasteiger partial charge in [0.25, 0.3) is 0 Å². The highest BCUT2D eigenvalue weighted by Crippen LogP contribution is 2.31. The number of benzene rings is 1. The fourth-order valence-electron chi connectivity index (χ4n) is 3.66. The molecule has 134 valence electrons. The molecule has 1 aromatic carbocycles. The van der Waals surface area contributed by atoms with Gasteiger partial charge in [0, 0.05) is 12.1 Å². The van der Waals surface area contributed by atoms with Crippen molar-refractivity contribution in [2.45, 2.75) is 37.8 Å². The first-order valence-corrected chi connectivity index (χ1v) is 8.67. The average Bonchev–Trinajstić information content (AvgIpc) is 3.29. The lowest BCUT2D eigenvalue weighted by atomic mass is 10.0. The molecule has 6 heteroatoms. The first kappa shape index (κ1) is 19.0. The minimum absolute atomic E-state index is 0. The van der Waals surface area contributed by atoms with E-state index < -0.39 is 0 Å². The number of para-hydroxylation sites is 1. The molecule has 24 heavy (non-hydrogen) atoms. The lowest BCUT2D eigenvalue weighted by molar-refractivity contribution is -0.123. The average molecular weight is 354 g/mol. The number of halogens is 1. The molecule has 1 amide bonds. The van der Waals surface area contributed by atoms with Crippen molar-refractivity contribution in [3.8, 4) is 5.75 Å². The number of carbonyl (C=O) groups is 1. The Labute approximate surface area is 150 Å². The van der Waals surface area contributed by atoms with Crippen molar-refractivity contribution in [1.29, 1.82) is 0 Å². The van der Waals surface area contributed by atoms with E-state index >= 15 is 0 Å². The molecule has 2 heterocycles. The predicted molar refractivity (Wildman–Crippen MR) is 97.8 cm³/mol. The van der Waals surface area contributed by atoms with Gasteiger partial charge in [-0.3, -0.25) is 9.69 Å². The van der Waals surface area contributed by atoms with Gasteiger partial charge in [0.15, 0.2) is 0 Å². The maximum atomic E-state index is 12.3. The largest absolute Gasteiger partial charge is 0.496 e. The molecular formula is C18H28ClN3O2. The topological polar surface area (TPSA) is 53.6 Å². The zero-order valence-corrected chi connectivity index (χ0v) is 15.1. The summed E-state index contributed by atoms with van der Waals surface area (Å²) in [7, 11) is 1.71. The van der Waals surface area contributed by atoms with Crippen LogP contribution in [0.15, 0.2) is 24.3 Å². The molecule has 2 saturated heterocycles. The monoisotopic (exact) mass is 353 g/mol. The molecule has 2 aliphatic heterocycles. The summed E-state index contributed by atoms with van der Waals surface area (Å²) in [5, 5.41) is 6.41. The number of likely N-dealkylation sites (tertiary alicyclic amines) is 1. The molecule has 2 aliphatic rings. The zero-order valence-electron chi connectivity index (χ0n) is 14.3. The Hall–Kier alpha value is -1.30. The van der Waals surface area contributed by atoms with Crippen molar-refractivity contribution in [1.82, 2.24) is 15.5 Å². The molecule has 2 unspecified atom stereocenters. The molecule has 3 rings (SSSR count). The summed E-state index contributed by atoms with van der Waals surface area (Å²) in [6.07, 6.45) is 4.47. The van der Waals surface area contributed by atoms with Crippen LogP contribution in [0.25, 0.3) is 0 Å². The lowest BCUT2D eigenvalue weighted by Gasteiger charge is -2.29. The van der Waals surface area contributed by atoms with Crippen molar-refractivity contribution >= 4 is 18.3 Å². The fourth-order valence-corrected chi connectivity index (χ4v) is 3.66. The Kier molecular flexibility index (Phi) is 7.34. The molecule has 0 aromatic heterocycles. The molecule has 0 aliphatic carbocycles. The SMILES string of the molecule is COc1ccccc1C(CNC(=O)C1CCCN1)N1CCCC1.Cl. The van der Waals surface area contributed by atoms with Gasteiger partial charge in [-0.1, -0.05) is 18.2 Å². The molecule has 2 fully saturated rings. The van der Waals surface area contributed by atoms with E-state index in [1.165, 1.54) is 12.8 Å². The highest BCUT2D eigenvalue weighted by Gasteiger charge is 2.28. The molecule has 1 aromatic rings. The number of hydrogen-bond donors (Lipinski definition) is 2. The second-order valence-electron chi connectivity index (χ2n) is 6.39. The standard InChI is InChI=1S/C18H27N3O2.ClH/c1-23-17-9-3-2-7-14(17)16(21-11-4-5-12-21)13-20-18(22)15-8-6-10-19-15;/h2-3,7,9,15-16,19H,4-6,8,10-13H2,1H3,(H,20,22);1H. The van der Waals surface area contributed by atoms with E-state index in [4.69, 9.17) is 4.74 Å². The van der Waals surface area contributed by atoms with Gasteiger partial charge in [0.1, 0.15) is 5.75 Å². The number of ether oxygens (including phenoxy) is 1. The van der Waals surface area contributed by atoms with Crippen LogP contribution in [0.1, 0.15) is 37.3 Å². The molecule has 2 atom stereocenters. The Morgan fingerprint density at radius 2 is 2.08 bits per heavy atom. The molecule has 5 nitrogen and oxygen atoms in total. The summed E-state index contributed by atoms with van der Waals surface area (Å²) in [6, 6.07) is 8.30. The van der Waals surface area contributed by atoms with E-state index in [1.807, 2.05) is 18.2 Å². The summed E-state index contributed by atoms with van der Waals surface area (Å²) in [5.74, 6) is 1.03. The quantitative estimate of drug-likeness (QED) is 0.822. The third kappa shape index (κ3) is 4.41. The van der Waals surface area contributed by atoms with Gasteiger partial charge in [-0.05, 0) is 51.4 Å². The van der Waals surface area contributed by atoms with Crippen molar-refractivity contribution in [2.24, 2.45) is 0 Å².